The van der Waals surface area contributed by atoms with E-state index >= 15 is 0 Å². The van der Waals surface area contributed by atoms with E-state index in [0.29, 0.717) is 0 Å². The number of likely N-dealkylation sites (tertiary alicyclic amines) is 1. The van der Waals surface area contributed by atoms with Gasteiger partial charge in [0.15, 0.2) is 0 Å². The van der Waals surface area contributed by atoms with Crippen molar-refractivity contribution in [3.8, 4) is 5.75 Å². The Balaban J connectivity index is 1.43. The Hall–Kier alpha value is -0.770. The molecule has 3 rings (SSSR count). The van der Waals surface area contributed by atoms with E-state index in [1.54, 1.807) is 0 Å². The van der Waals surface area contributed by atoms with Crippen molar-refractivity contribution >= 4 is 11.6 Å². The van der Waals surface area contributed by atoms with E-state index in [9.17, 15) is 0 Å². The fourth-order valence-electron chi connectivity index (χ4n) is 2.98. The van der Waals surface area contributed by atoms with Crippen LogP contribution in [0.25, 0.3) is 0 Å². The summed E-state index contributed by atoms with van der Waals surface area (Å²) in [5, 5.41) is 4.19. The number of fused-ring (bicyclic) bond motifs is 1. The van der Waals surface area contributed by atoms with Crippen LogP contribution in [0, 0.1) is 11.8 Å². The molecule has 4 heteroatoms. The third kappa shape index (κ3) is 2.79. The van der Waals surface area contributed by atoms with Crippen molar-refractivity contribution in [3.63, 3.8) is 0 Å². The molecule has 1 aromatic carbocycles. The van der Waals surface area contributed by atoms with Crippen LogP contribution in [-0.4, -0.2) is 44.2 Å². The van der Waals surface area contributed by atoms with Gasteiger partial charge in [0.25, 0.3) is 0 Å². The van der Waals surface area contributed by atoms with E-state index in [2.05, 4.69) is 10.2 Å². The molecule has 0 spiro atoms. The van der Waals surface area contributed by atoms with Gasteiger partial charge in [0, 0.05) is 24.7 Å². The summed E-state index contributed by atoms with van der Waals surface area (Å²) in [6.45, 7) is 6.58. The molecule has 1 aromatic rings. The molecule has 2 fully saturated rings. The second-order valence-electron chi connectivity index (χ2n) is 5.24. The number of rotatable bonds is 4. The van der Waals surface area contributed by atoms with Gasteiger partial charge in [-0.15, -0.1) is 0 Å². The second-order valence-corrected chi connectivity index (χ2v) is 5.68. The number of hydrogen-bond donors (Lipinski definition) is 1. The molecular formula is C14H19ClN2O. The van der Waals surface area contributed by atoms with E-state index in [1.807, 2.05) is 24.3 Å². The first-order chi connectivity index (χ1) is 8.81. The number of nitrogens with one attached hydrogen (secondary N) is 1. The van der Waals surface area contributed by atoms with Crippen molar-refractivity contribution in [2.24, 2.45) is 11.8 Å². The Morgan fingerprint density at radius 1 is 1.28 bits per heavy atom. The van der Waals surface area contributed by atoms with Gasteiger partial charge in [-0.2, -0.15) is 0 Å². The summed E-state index contributed by atoms with van der Waals surface area (Å²) in [5.41, 5.74) is 0. The van der Waals surface area contributed by atoms with E-state index < -0.39 is 0 Å². The van der Waals surface area contributed by atoms with Gasteiger partial charge in [0.05, 0.1) is 0 Å². The van der Waals surface area contributed by atoms with Crippen LogP contribution in [0.3, 0.4) is 0 Å². The molecule has 98 valence electrons. The molecule has 18 heavy (non-hydrogen) atoms. The SMILES string of the molecule is Clc1cccc(OCCN2CC3CNCC3C2)c1. The highest BCUT2D eigenvalue weighted by Gasteiger charge is 2.35. The molecule has 2 aliphatic rings. The lowest BCUT2D eigenvalue weighted by atomic mass is 10.0. The van der Waals surface area contributed by atoms with Gasteiger partial charge in [0.1, 0.15) is 12.4 Å². The smallest absolute Gasteiger partial charge is 0.120 e. The Labute approximate surface area is 113 Å². The maximum Gasteiger partial charge on any atom is 0.120 e. The van der Waals surface area contributed by atoms with Gasteiger partial charge in [-0.25, -0.2) is 0 Å². The summed E-state index contributed by atoms with van der Waals surface area (Å²) in [7, 11) is 0. The summed E-state index contributed by atoms with van der Waals surface area (Å²) in [6, 6.07) is 7.60. The lowest BCUT2D eigenvalue weighted by Crippen LogP contribution is -2.29. The van der Waals surface area contributed by atoms with Crippen molar-refractivity contribution < 1.29 is 4.74 Å². The van der Waals surface area contributed by atoms with Crippen LogP contribution >= 0.6 is 11.6 Å². The zero-order valence-electron chi connectivity index (χ0n) is 10.4. The summed E-state index contributed by atoms with van der Waals surface area (Å²) >= 11 is 5.92. The third-order valence-corrected chi connectivity index (χ3v) is 4.17. The zero-order chi connectivity index (χ0) is 12.4. The van der Waals surface area contributed by atoms with E-state index in [4.69, 9.17) is 16.3 Å². The van der Waals surface area contributed by atoms with Crippen molar-refractivity contribution in [3.05, 3.63) is 29.3 Å². The molecule has 0 bridgehead atoms. The molecule has 2 saturated heterocycles. The van der Waals surface area contributed by atoms with Crippen LogP contribution in [0.15, 0.2) is 24.3 Å². The number of benzene rings is 1. The molecule has 2 atom stereocenters. The minimum absolute atomic E-state index is 0.731. The van der Waals surface area contributed by atoms with Crippen LogP contribution < -0.4 is 10.1 Å². The first-order valence-electron chi connectivity index (χ1n) is 6.63. The molecule has 2 heterocycles. The molecule has 0 saturated carbocycles. The molecule has 2 aliphatic heterocycles. The van der Waals surface area contributed by atoms with Crippen molar-refractivity contribution in [2.45, 2.75) is 0 Å². The van der Waals surface area contributed by atoms with Gasteiger partial charge >= 0.3 is 0 Å². The van der Waals surface area contributed by atoms with Crippen LogP contribution in [0.5, 0.6) is 5.75 Å². The zero-order valence-corrected chi connectivity index (χ0v) is 11.2. The average Bonchev–Trinajstić information content (AvgIpc) is 2.89. The van der Waals surface area contributed by atoms with Gasteiger partial charge < -0.3 is 10.1 Å². The van der Waals surface area contributed by atoms with Crippen LogP contribution in [0.4, 0.5) is 0 Å². The first kappa shape index (κ1) is 12.3. The summed E-state index contributed by atoms with van der Waals surface area (Å²) in [5.74, 6) is 2.58. The summed E-state index contributed by atoms with van der Waals surface area (Å²) < 4.78 is 5.73. The van der Waals surface area contributed by atoms with E-state index in [-0.39, 0.29) is 0 Å². The topological polar surface area (TPSA) is 24.5 Å². The first-order valence-corrected chi connectivity index (χ1v) is 7.00. The summed E-state index contributed by atoms with van der Waals surface area (Å²) in [6.07, 6.45) is 0. The average molecular weight is 267 g/mol. The maximum absolute atomic E-state index is 5.92. The Kier molecular flexibility index (Phi) is 3.73. The predicted octanol–water partition coefficient (Wildman–Crippen LogP) is 1.87. The van der Waals surface area contributed by atoms with Gasteiger partial charge in [-0.05, 0) is 43.1 Å². The van der Waals surface area contributed by atoms with Crippen LogP contribution in [0.1, 0.15) is 0 Å². The third-order valence-electron chi connectivity index (χ3n) is 3.94. The molecule has 1 N–H and O–H groups in total. The number of nitrogens with zero attached hydrogens (tertiary/aromatic N) is 1. The lowest BCUT2D eigenvalue weighted by Gasteiger charge is -2.17. The van der Waals surface area contributed by atoms with Crippen molar-refractivity contribution in [1.82, 2.24) is 10.2 Å². The molecule has 3 nitrogen and oxygen atoms in total. The highest BCUT2D eigenvalue weighted by atomic mass is 35.5. The van der Waals surface area contributed by atoms with Gasteiger partial charge in [0.2, 0.25) is 0 Å². The largest absolute Gasteiger partial charge is 0.492 e. The number of ether oxygens (including phenoxy) is 1. The standard InChI is InChI=1S/C14H19ClN2O/c15-13-2-1-3-14(6-13)18-5-4-17-9-11-7-16-8-12(11)10-17/h1-3,6,11-12,16H,4-5,7-10H2. The molecule has 0 radical (unpaired) electrons. The minimum atomic E-state index is 0.731. The quantitative estimate of drug-likeness (QED) is 0.901. The maximum atomic E-state index is 5.92. The second kappa shape index (κ2) is 5.47. The number of hydrogen-bond acceptors (Lipinski definition) is 3. The van der Waals surface area contributed by atoms with Crippen LogP contribution in [0.2, 0.25) is 5.02 Å². The Morgan fingerprint density at radius 2 is 2.06 bits per heavy atom. The van der Waals surface area contributed by atoms with Crippen molar-refractivity contribution in [2.75, 3.05) is 39.3 Å². The normalized spacial score (nSPS) is 27.4. The van der Waals surface area contributed by atoms with Gasteiger partial charge in [-0.3, -0.25) is 4.90 Å². The highest BCUT2D eigenvalue weighted by Crippen LogP contribution is 2.26. The van der Waals surface area contributed by atoms with E-state index in [0.717, 1.165) is 35.8 Å². The molecule has 0 amide bonds. The van der Waals surface area contributed by atoms with E-state index in [1.165, 1.54) is 26.2 Å². The Morgan fingerprint density at radius 3 is 2.78 bits per heavy atom. The molecule has 0 aromatic heterocycles. The molecule has 0 aliphatic carbocycles. The Bertz CT molecular complexity index is 401. The summed E-state index contributed by atoms with van der Waals surface area (Å²) in [4.78, 5) is 2.51. The predicted molar refractivity (Wildman–Crippen MR) is 73.2 cm³/mol. The fraction of sp³-hybridized carbons (Fsp3) is 0.571. The lowest BCUT2D eigenvalue weighted by molar-refractivity contribution is 0.228. The monoisotopic (exact) mass is 266 g/mol. The number of halogens is 1. The fourth-order valence-corrected chi connectivity index (χ4v) is 3.16. The van der Waals surface area contributed by atoms with Gasteiger partial charge in [-0.1, -0.05) is 17.7 Å². The highest BCUT2D eigenvalue weighted by molar-refractivity contribution is 6.30. The minimum Gasteiger partial charge on any atom is -0.492 e. The van der Waals surface area contributed by atoms with Crippen LogP contribution in [-0.2, 0) is 0 Å². The van der Waals surface area contributed by atoms with Crippen molar-refractivity contribution in [1.29, 1.82) is 0 Å². The molecule has 2 unspecified atom stereocenters. The molecular weight excluding hydrogens is 248 g/mol.